The number of ether oxygens (including phenoxy) is 2. The highest BCUT2D eigenvalue weighted by atomic mass is 35.5. The number of fused-ring (bicyclic) bond motifs is 1. The van der Waals surface area contributed by atoms with E-state index in [2.05, 4.69) is 29.7 Å². The van der Waals surface area contributed by atoms with Crippen LogP contribution in [0.1, 0.15) is 10.5 Å². The number of pyridine rings is 1. The first-order valence-corrected chi connectivity index (χ1v) is 11.1. The third-order valence-electron chi connectivity index (χ3n) is 3.17. The zero-order valence-electron chi connectivity index (χ0n) is 13.2. The smallest absolute Gasteiger partial charge is 0.359 e. The Bertz CT molecular complexity index is 682. The standard InChI is InChI=1S/C14H20ClN3O3Si/c1-20-14(19)12-11-10(15)5-6-16-13(11)18(17-12)9-21-7-8-22(2,3)4/h5-6H,7-9H2,1-4H3. The van der Waals surface area contributed by atoms with Crippen molar-refractivity contribution in [2.75, 3.05) is 13.7 Å². The maximum Gasteiger partial charge on any atom is 0.359 e. The Kier molecular flexibility index (Phi) is 5.20. The first-order chi connectivity index (χ1) is 10.3. The highest BCUT2D eigenvalue weighted by Gasteiger charge is 2.21. The zero-order valence-corrected chi connectivity index (χ0v) is 15.0. The topological polar surface area (TPSA) is 66.2 Å². The number of halogens is 1. The van der Waals surface area contributed by atoms with Gasteiger partial charge < -0.3 is 9.47 Å². The lowest BCUT2D eigenvalue weighted by atomic mass is 10.2. The number of hydrogen-bond acceptors (Lipinski definition) is 5. The molecule has 0 atom stereocenters. The summed E-state index contributed by atoms with van der Waals surface area (Å²) >= 11 is 6.16. The summed E-state index contributed by atoms with van der Waals surface area (Å²) < 4.78 is 12.0. The summed E-state index contributed by atoms with van der Waals surface area (Å²) in [6.07, 6.45) is 1.58. The van der Waals surface area contributed by atoms with Crippen LogP contribution in [0.15, 0.2) is 12.3 Å². The molecule has 0 N–H and O–H groups in total. The van der Waals surface area contributed by atoms with Crippen molar-refractivity contribution < 1.29 is 14.3 Å². The molecule has 2 rings (SSSR count). The molecule has 2 aromatic heterocycles. The molecule has 0 aliphatic rings. The zero-order chi connectivity index (χ0) is 16.3. The minimum absolute atomic E-state index is 0.157. The third kappa shape index (κ3) is 3.85. The molecule has 0 saturated heterocycles. The van der Waals surface area contributed by atoms with Crippen LogP contribution in [-0.2, 0) is 16.2 Å². The minimum atomic E-state index is -1.14. The molecule has 120 valence electrons. The van der Waals surface area contributed by atoms with Crippen LogP contribution in [0.5, 0.6) is 0 Å². The van der Waals surface area contributed by atoms with Gasteiger partial charge in [0.1, 0.15) is 6.73 Å². The number of rotatable bonds is 6. The van der Waals surface area contributed by atoms with Crippen LogP contribution in [0.3, 0.4) is 0 Å². The fourth-order valence-electron chi connectivity index (χ4n) is 1.92. The summed E-state index contributed by atoms with van der Waals surface area (Å²) in [5.74, 6) is -0.541. The number of esters is 1. The lowest BCUT2D eigenvalue weighted by molar-refractivity contribution is 0.0585. The molecule has 0 amide bonds. The molecule has 2 heterocycles. The van der Waals surface area contributed by atoms with E-state index in [1.807, 2.05) is 0 Å². The molecule has 0 spiro atoms. The van der Waals surface area contributed by atoms with Crippen molar-refractivity contribution in [2.45, 2.75) is 32.4 Å². The van der Waals surface area contributed by atoms with E-state index >= 15 is 0 Å². The Morgan fingerprint density at radius 3 is 2.77 bits per heavy atom. The molecule has 2 aromatic rings. The number of carbonyl (C=O) groups excluding carboxylic acids is 1. The Balaban J connectivity index is 2.23. The molecule has 0 aliphatic carbocycles. The molecular weight excluding hydrogens is 322 g/mol. The summed E-state index contributed by atoms with van der Waals surface area (Å²) in [6, 6.07) is 2.68. The number of carbonyl (C=O) groups is 1. The van der Waals surface area contributed by atoms with Gasteiger partial charge in [-0.05, 0) is 12.1 Å². The summed E-state index contributed by atoms with van der Waals surface area (Å²) in [5, 5.41) is 5.14. The van der Waals surface area contributed by atoms with E-state index in [1.165, 1.54) is 11.8 Å². The molecule has 6 nitrogen and oxygen atoms in total. The Labute approximate surface area is 135 Å². The number of aromatic nitrogens is 3. The molecule has 0 fully saturated rings. The summed E-state index contributed by atoms with van der Waals surface area (Å²) in [7, 11) is 0.165. The highest BCUT2D eigenvalue weighted by Crippen LogP contribution is 2.25. The van der Waals surface area contributed by atoms with Crippen LogP contribution in [0.25, 0.3) is 11.0 Å². The predicted molar refractivity (Wildman–Crippen MR) is 88.0 cm³/mol. The van der Waals surface area contributed by atoms with E-state index in [0.717, 1.165) is 6.04 Å². The van der Waals surface area contributed by atoms with E-state index in [0.29, 0.717) is 22.7 Å². The van der Waals surface area contributed by atoms with E-state index in [-0.39, 0.29) is 12.4 Å². The van der Waals surface area contributed by atoms with Crippen molar-refractivity contribution in [1.82, 2.24) is 14.8 Å². The predicted octanol–water partition coefficient (Wildman–Crippen LogP) is 3.18. The van der Waals surface area contributed by atoms with Crippen molar-refractivity contribution in [3.05, 3.63) is 23.0 Å². The Morgan fingerprint density at radius 1 is 1.41 bits per heavy atom. The quantitative estimate of drug-likeness (QED) is 0.458. The van der Waals surface area contributed by atoms with Gasteiger partial charge in [-0.1, -0.05) is 31.2 Å². The van der Waals surface area contributed by atoms with Gasteiger partial charge in [-0.25, -0.2) is 14.5 Å². The van der Waals surface area contributed by atoms with Crippen molar-refractivity contribution in [2.24, 2.45) is 0 Å². The highest BCUT2D eigenvalue weighted by molar-refractivity contribution is 6.76. The molecule has 0 saturated carbocycles. The molecule has 22 heavy (non-hydrogen) atoms. The fourth-order valence-corrected chi connectivity index (χ4v) is 2.91. The average molecular weight is 342 g/mol. The van der Waals surface area contributed by atoms with E-state index < -0.39 is 14.0 Å². The molecule has 0 aromatic carbocycles. The first-order valence-electron chi connectivity index (χ1n) is 7.00. The fraction of sp³-hybridized carbons (Fsp3) is 0.500. The molecule has 0 aliphatic heterocycles. The van der Waals surface area contributed by atoms with Crippen LogP contribution in [0.4, 0.5) is 0 Å². The summed E-state index contributed by atoms with van der Waals surface area (Å²) in [4.78, 5) is 16.1. The number of hydrogen-bond donors (Lipinski definition) is 0. The summed E-state index contributed by atoms with van der Waals surface area (Å²) in [5.41, 5.74) is 0.672. The lowest BCUT2D eigenvalue weighted by Gasteiger charge is -2.15. The summed E-state index contributed by atoms with van der Waals surface area (Å²) in [6.45, 7) is 7.75. The van der Waals surface area contributed by atoms with Crippen LogP contribution in [0.2, 0.25) is 30.7 Å². The monoisotopic (exact) mass is 341 g/mol. The van der Waals surface area contributed by atoms with Gasteiger partial charge in [-0.2, -0.15) is 5.10 Å². The molecule has 0 bridgehead atoms. The van der Waals surface area contributed by atoms with E-state index in [1.54, 1.807) is 12.3 Å². The van der Waals surface area contributed by atoms with Gasteiger partial charge in [-0.15, -0.1) is 0 Å². The van der Waals surface area contributed by atoms with Crippen molar-refractivity contribution >= 4 is 36.7 Å². The normalized spacial score (nSPS) is 11.9. The number of nitrogens with zero attached hydrogens (tertiary/aromatic N) is 3. The van der Waals surface area contributed by atoms with Crippen molar-refractivity contribution in [3.8, 4) is 0 Å². The first kappa shape index (κ1) is 16.9. The second-order valence-corrected chi connectivity index (χ2v) is 12.2. The van der Waals surface area contributed by atoms with Crippen molar-refractivity contribution in [1.29, 1.82) is 0 Å². The molecule has 8 heteroatoms. The van der Waals surface area contributed by atoms with Gasteiger partial charge in [0.2, 0.25) is 0 Å². The molecule has 0 unspecified atom stereocenters. The van der Waals surface area contributed by atoms with Gasteiger partial charge in [0.05, 0.1) is 17.5 Å². The van der Waals surface area contributed by atoms with Crippen LogP contribution in [0, 0.1) is 0 Å². The van der Waals surface area contributed by atoms with E-state index in [4.69, 9.17) is 21.1 Å². The van der Waals surface area contributed by atoms with Gasteiger partial charge in [-0.3, -0.25) is 0 Å². The Morgan fingerprint density at radius 2 is 2.14 bits per heavy atom. The van der Waals surface area contributed by atoms with Crippen LogP contribution in [-0.4, -0.2) is 42.5 Å². The second-order valence-electron chi connectivity index (χ2n) is 6.18. The van der Waals surface area contributed by atoms with Crippen LogP contribution < -0.4 is 0 Å². The van der Waals surface area contributed by atoms with Crippen molar-refractivity contribution in [3.63, 3.8) is 0 Å². The average Bonchev–Trinajstić information content (AvgIpc) is 2.82. The maximum absolute atomic E-state index is 11.8. The van der Waals surface area contributed by atoms with Gasteiger partial charge in [0, 0.05) is 20.9 Å². The second kappa shape index (κ2) is 6.76. The maximum atomic E-state index is 11.8. The SMILES string of the molecule is COC(=O)c1nn(COCC[Si](C)(C)C)c2nccc(Cl)c12. The Hall–Kier alpha value is -1.44. The third-order valence-corrected chi connectivity index (χ3v) is 5.19. The van der Waals surface area contributed by atoms with Crippen LogP contribution >= 0.6 is 11.6 Å². The van der Waals surface area contributed by atoms with Gasteiger partial charge in [0.15, 0.2) is 11.3 Å². The molecule has 0 radical (unpaired) electrons. The largest absolute Gasteiger partial charge is 0.464 e. The lowest BCUT2D eigenvalue weighted by Crippen LogP contribution is -2.22. The van der Waals surface area contributed by atoms with Gasteiger partial charge in [0.25, 0.3) is 0 Å². The van der Waals surface area contributed by atoms with E-state index in [9.17, 15) is 4.79 Å². The number of methoxy groups -OCH3 is 1. The van der Waals surface area contributed by atoms with Gasteiger partial charge >= 0.3 is 5.97 Å². The minimum Gasteiger partial charge on any atom is -0.464 e. The molecular formula is C14H20ClN3O3Si.